The van der Waals surface area contributed by atoms with Gasteiger partial charge >= 0.3 is 0 Å². The van der Waals surface area contributed by atoms with Crippen molar-refractivity contribution in [3.63, 3.8) is 0 Å². The molecule has 0 radical (unpaired) electrons. The Morgan fingerprint density at radius 1 is 1.41 bits per heavy atom. The Kier molecular flexibility index (Phi) is 4.54. The quantitative estimate of drug-likeness (QED) is 0.711. The lowest BCUT2D eigenvalue weighted by Crippen LogP contribution is -2.54. The molecular weight excluding hydrogens is 300 g/mol. The number of carbonyl (C=O) groups is 2. The number of hydrogen-bond donors (Lipinski definition) is 3. The number of carbonyl (C=O) groups excluding carboxylic acids is 2. The van der Waals surface area contributed by atoms with Crippen molar-refractivity contribution < 1.29 is 14.7 Å². The zero-order valence-electron chi connectivity index (χ0n) is 13.1. The fourth-order valence-electron chi connectivity index (χ4n) is 2.70. The Morgan fingerprint density at radius 3 is 2.68 bits per heavy atom. The molecule has 1 atom stereocenters. The highest BCUT2D eigenvalue weighted by molar-refractivity contribution is 7.80. The van der Waals surface area contributed by atoms with Gasteiger partial charge < -0.3 is 15.3 Å². The molecule has 1 heterocycles. The maximum absolute atomic E-state index is 12.7. The van der Waals surface area contributed by atoms with Gasteiger partial charge in [-0.15, -0.1) is 0 Å². The van der Waals surface area contributed by atoms with E-state index in [0.717, 1.165) is 11.3 Å². The minimum Gasteiger partial charge on any atom is -0.378 e. The molecule has 2 N–H and O–H groups in total. The molecule has 1 aliphatic rings. The van der Waals surface area contributed by atoms with Crippen molar-refractivity contribution in [1.82, 2.24) is 5.32 Å². The number of amides is 2. The second-order valence-corrected chi connectivity index (χ2v) is 6.73. The summed E-state index contributed by atoms with van der Waals surface area (Å²) in [4.78, 5) is 26.2. The molecule has 120 valence electrons. The molecular formula is C16H22N2O3S. The van der Waals surface area contributed by atoms with E-state index in [2.05, 4.69) is 17.9 Å². The van der Waals surface area contributed by atoms with E-state index in [1.54, 1.807) is 0 Å². The summed E-state index contributed by atoms with van der Waals surface area (Å²) in [5.41, 5.74) is -0.660. The number of β-amino-alcohol motifs (C(OH)–C–C–N with tert-alkyl or cyclic N) is 1. The van der Waals surface area contributed by atoms with Crippen LogP contribution in [0.5, 0.6) is 0 Å². The number of nitrogens with one attached hydrogen (secondary N) is 1. The van der Waals surface area contributed by atoms with Crippen molar-refractivity contribution in [2.75, 3.05) is 23.7 Å². The standard InChI is InChI=1S/C16H22N2O3S/c1-15(2)11-6-4-5-7-12(11)18(14(15)20)10-16(3,21)13(19)17-8-9-22/h4-7,21-22H,8-10H2,1-3H3,(H,17,19). The first-order valence-electron chi connectivity index (χ1n) is 7.25. The largest absolute Gasteiger partial charge is 0.378 e. The predicted molar refractivity (Wildman–Crippen MR) is 89.3 cm³/mol. The lowest BCUT2D eigenvalue weighted by Gasteiger charge is -2.29. The molecule has 22 heavy (non-hydrogen) atoms. The van der Waals surface area contributed by atoms with Crippen molar-refractivity contribution in [1.29, 1.82) is 0 Å². The van der Waals surface area contributed by atoms with Crippen molar-refractivity contribution in [2.45, 2.75) is 31.8 Å². The number of nitrogens with zero attached hydrogens (tertiary/aromatic N) is 1. The average Bonchev–Trinajstić information content (AvgIpc) is 2.66. The molecule has 0 bridgehead atoms. The van der Waals surface area contributed by atoms with Crippen LogP contribution in [-0.2, 0) is 15.0 Å². The van der Waals surface area contributed by atoms with Crippen LogP contribution in [0.15, 0.2) is 24.3 Å². The molecule has 0 saturated heterocycles. The van der Waals surface area contributed by atoms with E-state index in [0.29, 0.717) is 12.3 Å². The predicted octanol–water partition coefficient (Wildman–Crippen LogP) is 1.11. The van der Waals surface area contributed by atoms with Gasteiger partial charge in [0, 0.05) is 18.0 Å². The first-order valence-corrected chi connectivity index (χ1v) is 7.88. The van der Waals surface area contributed by atoms with Gasteiger partial charge in [-0.05, 0) is 32.4 Å². The molecule has 1 unspecified atom stereocenters. The van der Waals surface area contributed by atoms with Crippen molar-refractivity contribution in [2.24, 2.45) is 0 Å². The Morgan fingerprint density at radius 2 is 2.05 bits per heavy atom. The minimum absolute atomic E-state index is 0.0787. The van der Waals surface area contributed by atoms with Crippen LogP contribution in [0.3, 0.4) is 0 Å². The third-order valence-corrected chi connectivity index (χ3v) is 4.22. The van der Waals surface area contributed by atoms with Crippen LogP contribution in [0.1, 0.15) is 26.3 Å². The summed E-state index contributed by atoms with van der Waals surface area (Å²) in [5.74, 6) is -0.132. The van der Waals surface area contributed by atoms with Gasteiger partial charge in [0.05, 0.1) is 12.0 Å². The molecule has 6 heteroatoms. The summed E-state index contributed by atoms with van der Waals surface area (Å²) >= 11 is 4.02. The lowest BCUT2D eigenvalue weighted by molar-refractivity contribution is -0.137. The van der Waals surface area contributed by atoms with Crippen LogP contribution in [0, 0.1) is 0 Å². The molecule has 0 aromatic heterocycles. The van der Waals surface area contributed by atoms with Crippen molar-refractivity contribution in [3.05, 3.63) is 29.8 Å². The highest BCUT2D eigenvalue weighted by atomic mass is 32.1. The van der Waals surface area contributed by atoms with Crippen LogP contribution in [0.2, 0.25) is 0 Å². The Balaban J connectivity index is 2.27. The van der Waals surface area contributed by atoms with Gasteiger partial charge in [-0.25, -0.2) is 0 Å². The maximum atomic E-state index is 12.7. The topological polar surface area (TPSA) is 69.6 Å². The second kappa shape index (κ2) is 5.93. The maximum Gasteiger partial charge on any atom is 0.253 e. The fourth-order valence-corrected chi connectivity index (χ4v) is 2.81. The lowest BCUT2D eigenvalue weighted by atomic mass is 9.86. The first-order chi connectivity index (χ1) is 10.2. The highest BCUT2D eigenvalue weighted by Gasteiger charge is 2.46. The number of thiol groups is 1. The SMILES string of the molecule is CC(O)(CN1C(=O)C(C)(C)c2ccccc21)C(=O)NCCS. The molecule has 1 aliphatic heterocycles. The third kappa shape index (κ3) is 2.85. The number of benzene rings is 1. The molecule has 1 aromatic carbocycles. The first kappa shape index (κ1) is 16.8. The molecule has 2 amide bonds. The number of rotatable bonds is 5. The van der Waals surface area contributed by atoms with E-state index >= 15 is 0 Å². The van der Waals surface area contributed by atoms with E-state index < -0.39 is 16.9 Å². The van der Waals surface area contributed by atoms with Crippen LogP contribution in [0.25, 0.3) is 0 Å². The monoisotopic (exact) mass is 322 g/mol. The van der Waals surface area contributed by atoms with E-state index in [1.807, 2.05) is 38.1 Å². The van der Waals surface area contributed by atoms with Crippen LogP contribution in [0.4, 0.5) is 5.69 Å². The molecule has 0 spiro atoms. The molecule has 0 aliphatic carbocycles. The van der Waals surface area contributed by atoms with Gasteiger partial charge in [0.15, 0.2) is 5.60 Å². The number of para-hydroxylation sites is 1. The summed E-state index contributed by atoms with van der Waals surface area (Å²) < 4.78 is 0. The van der Waals surface area contributed by atoms with Crippen LogP contribution < -0.4 is 10.2 Å². The second-order valence-electron chi connectivity index (χ2n) is 6.29. The molecule has 0 fully saturated rings. The van der Waals surface area contributed by atoms with E-state index in [4.69, 9.17) is 0 Å². The van der Waals surface area contributed by atoms with Gasteiger partial charge in [0.1, 0.15) is 0 Å². The summed E-state index contributed by atoms with van der Waals surface area (Å²) in [6.45, 7) is 5.41. The number of aliphatic hydroxyl groups is 1. The molecule has 2 rings (SSSR count). The minimum atomic E-state index is -1.66. The fraction of sp³-hybridized carbons (Fsp3) is 0.500. The zero-order chi connectivity index (χ0) is 16.5. The van der Waals surface area contributed by atoms with Crippen LogP contribution in [-0.4, -0.2) is 41.4 Å². The average molecular weight is 322 g/mol. The Hall–Kier alpha value is -1.53. The van der Waals surface area contributed by atoms with Gasteiger partial charge in [-0.3, -0.25) is 9.59 Å². The third-order valence-electron chi connectivity index (χ3n) is 4.00. The normalized spacial score (nSPS) is 18.8. The van der Waals surface area contributed by atoms with Gasteiger partial charge in [0.2, 0.25) is 5.91 Å². The number of fused-ring (bicyclic) bond motifs is 1. The van der Waals surface area contributed by atoms with Crippen molar-refractivity contribution >= 4 is 30.1 Å². The Bertz CT molecular complexity index is 599. The number of anilines is 1. The summed E-state index contributed by atoms with van der Waals surface area (Å²) in [7, 11) is 0. The molecule has 0 saturated carbocycles. The zero-order valence-corrected chi connectivity index (χ0v) is 14.0. The summed E-state index contributed by atoms with van der Waals surface area (Å²) in [6.07, 6.45) is 0. The Labute approximate surface area is 136 Å². The molecule has 1 aromatic rings. The molecule has 5 nitrogen and oxygen atoms in total. The van der Waals surface area contributed by atoms with Crippen molar-refractivity contribution in [3.8, 4) is 0 Å². The van der Waals surface area contributed by atoms with E-state index in [1.165, 1.54) is 11.8 Å². The smallest absolute Gasteiger partial charge is 0.253 e. The van der Waals surface area contributed by atoms with Gasteiger partial charge in [-0.2, -0.15) is 12.6 Å². The summed E-state index contributed by atoms with van der Waals surface area (Å²) in [6, 6.07) is 7.47. The summed E-state index contributed by atoms with van der Waals surface area (Å²) in [5, 5.41) is 13.1. The van der Waals surface area contributed by atoms with Gasteiger partial charge in [0.25, 0.3) is 5.91 Å². The van der Waals surface area contributed by atoms with Gasteiger partial charge in [-0.1, -0.05) is 18.2 Å². The van der Waals surface area contributed by atoms with E-state index in [9.17, 15) is 14.7 Å². The highest BCUT2D eigenvalue weighted by Crippen LogP contribution is 2.41. The number of hydrogen-bond acceptors (Lipinski definition) is 4. The van der Waals surface area contributed by atoms with Crippen LogP contribution >= 0.6 is 12.6 Å². The van der Waals surface area contributed by atoms with E-state index in [-0.39, 0.29) is 12.5 Å².